The Balaban J connectivity index is 2.72. The fraction of sp³-hybridized carbons (Fsp3) is 0.308. The van der Waals surface area contributed by atoms with E-state index >= 15 is 0 Å². The van der Waals surface area contributed by atoms with Crippen LogP contribution in [0.4, 0.5) is 5.69 Å². The lowest BCUT2D eigenvalue weighted by Gasteiger charge is -2.23. The van der Waals surface area contributed by atoms with Crippen LogP contribution in [-0.2, 0) is 0 Å². The highest BCUT2D eigenvalue weighted by atomic mass is 35.5. The van der Waals surface area contributed by atoms with E-state index in [1.807, 2.05) is 12.1 Å². The zero-order valence-electron chi connectivity index (χ0n) is 9.87. The van der Waals surface area contributed by atoms with Crippen molar-refractivity contribution in [1.82, 2.24) is 4.98 Å². The first-order chi connectivity index (χ1) is 8.17. The van der Waals surface area contributed by atoms with Gasteiger partial charge in [0.05, 0.1) is 10.5 Å². The van der Waals surface area contributed by atoms with Crippen LogP contribution < -0.4 is 4.90 Å². The third-order valence-corrected chi connectivity index (χ3v) is 3.36. The van der Waals surface area contributed by atoms with Gasteiger partial charge in [-0.1, -0.05) is 23.2 Å². The van der Waals surface area contributed by atoms with Crippen molar-refractivity contribution in [2.45, 2.75) is 13.8 Å². The summed E-state index contributed by atoms with van der Waals surface area (Å²) in [6.07, 6.45) is 1.79. The lowest BCUT2D eigenvalue weighted by atomic mass is 10.1. The lowest BCUT2D eigenvalue weighted by Crippen LogP contribution is -2.22. The van der Waals surface area contributed by atoms with E-state index in [9.17, 15) is 0 Å². The van der Waals surface area contributed by atoms with E-state index < -0.39 is 0 Å². The van der Waals surface area contributed by atoms with E-state index in [0.29, 0.717) is 10.0 Å². The van der Waals surface area contributed by atoms with Crippen molar-refractivity contribution < 1.29 is 0 Å². The first-order valence-electron chi connectivity index (χ1n) is 5.66. The van der Waals surface area contributed by atoms with E-state index in [2.05, 4.69) is 23.7 Å². The predicted octanol–water partition coefficient (Wildman–Crippen LogP) is 4.39. The molecule has 2 rings (SSSR count). The molecule has 0 amide bonds. The van der Waals surface area contributed by atoms with Crippen molar-refractivity contribution in [3.63, 3.8) is 0 Å². The molecular formula is C13H14Cl2N2. The van der Waals surface area contributed by atoms with Crippen molar-refractivity contribution >= 4 is 39.8 Å². The highest BCUT2D eigenvalue weighted by molar-refractivity contribution is 6.39. The number of pyridine rings is 1. The van der Waals surface area contributed by atoms with Gasteiger partial charge in [0.15, 0.2) is 0 Å². The Morgan fingerprint density at radius 2 is 1.88 bits per heavy atom. The molecular weight excluding hydrogens is 255 g/mol. The first kappa shape index (κ1) is 12.5. The summed E-state index contributed by atoms with van der Waals surface area (Å²) in [7, 11) is 0. The van der Waals surface area contributed by atoms with E-state index in [-0.39, 0.29) is 0 Å². The molecule has 0 N–H and O–H groups in total. The van der Waals surface area contributed by atoms with E-state index in [0.717, 1.165) is 29.7 Å². The predicted molar refractivity (Wildman–Crippen MR) is 75.3 cm³/mol. The van der Waals surface area contributed by atoms with Gasteiger partial charge in [-0.15, -0.1) is 0 Å². The van der Waals surface area contributed by atoms with E-state index in [4.69, 9.17) is 23.2 Å². The fourth-order valence-electron chi connectivity index (χ4n) is 2.01. The highest BCUT2D eigenvalue weighted by Gasteiger charge is 2.11. The van der Waals surface area contributed by atoms with Gasteiger partial charge in [0.2, 0.25) is 0 Å². The quantitative estimate of drug-likeness (QED) is 0.821. The summed E-state index contributed by atoms with van der Waals surface area (Å²) >= 11 is 12.3. The Hall–Kier alpha value is -0.990. The molecule has 1 heterocycles. The second kappa shape index (κ2) is 5.11. The Kier molecular flexibility index (Phi) is 3.75. The molecule has 17 heavy (non-hydrogen) atoms. The monoisotopic (exact) mass is 268 g/mol. The lowest BCUT2D eigenvalue weighted by molar-refractivity contribution is 0.870. The molecule has 1 aromatic carbocycles. The second-order valence-electron chi connectivity index (χ2n) is 3.78. The molecule has 1 aromatic heterocycles. The number of anilines is 1. The number of rotatable bonds is 3. The maximum absolute atomic E-state index is 6.27. The number of hydrogen-bond donors (Lipinski definition) is 0. The normalized spacial score (nSPS) is 10.8. The molecule has 0 aliphatic carbocycles. The van der Waals surface area contributed by atoms with Gasteiger partial charge in [0.1, 0.15) is 0 Å². The Morgan fingerprint density at radius 3 is 2.53 bits per heavy atom. The average molecular weight is 269 g/mol. The van der Waals surface area contributed by atoms with Crippen LogP contribution >= 0.6 is 23.2 Å². The number of nitrogens with zero attached hydrogens (tertiary/aromatic N) is 2. The zero-order valence-corrected chi connectivity index (χ0v) is 11.4. The number of hydrogen-bond acceptors (Lipinski definition) is 2. The average Bonchev–Trinajstić information content (AvgIpc) is 2.30. The van der Waals surface area contributed by atoms with Gasteiger partial charge in [-0.05, 0) is 32.0 Å². The van der Waals surface area contributed by atoms with Crippen molar-refractivity contribution in [3.8, 4) is 0 Å². The smallest absolute Gasteiger partial charge is 0.0752 e. The van der Waals surface area contributed by atoms with Crippen LogP contribution in [0.15, 0.2) is 24.4 Å². The third-order valence-electron chi connectivity index (χ3n) is 2.84. The van der Waals surface area contributed by atoms with Gasteiger partial charge in [0, 0.05) is 35.4 Å². The summed E-state index contributed by atoms with van der Waals surface area (Å²) in [5.74, 6) is 0. The molecule has 0 bridgehead atoms. The SMILES string of the molecule is CCN(CC)c1ccnc2cc(Cl)cc(Cl)c12. The second-order valence-corrected chi connectivity index (χ2v) is 4.63. The van der Waals surface area contributed by atoms with Crippen LogP contribution in [0.25, 0.3) is 10.9 Å². The molecule has 0 radical (unpaired) electrons. The topological polar surface area (TPSA) is 16.1 Å². The van der Waals surface area contributed by atoms with Crippen molar-refractivity contribution in [3.05, 3.63) is 34.4 Å². The number of benzene rings is 1. The summed E-state index contributed by atoms with van der Waals surface area (Å²) in [4.78, 5) is 6.57. The highest BCUT2D eigenvalue weighted by Crippen LogP contribution is 2.33. The summed E-state index contributed by atoms with van der Waals surface area (Å²) in [5.41, 5.74) is 1.95. The van der Waals surface area contributed by atoms with Crippen molar-refractivity contribution in [2.75, 3.05) is 18.0 Å². The molecule has 4 heteroatoms. The summed E-state index contributed by atoms with van der Waals surface area (Å²) in [6.45, 7) is 6.13. The van der Waals surface area contributed by atoms with E-state index in [1.54, 1.807) is 12.3 Å². The first-order valence-corrected chi connectivity index (χ1v) is 6.41. The Labute approximate surface area is 111 Å². The fourth-order valence-corrected chi connectivity index (χ4v) is 2.59. The molecule has 2 aromatic rings. The number of aromatic nitrogens is 1. The molecule has 0 fully saturated rings. The van der Waals surface area contributed by atoms with Gasteiger partial charge in [0.25, 0.3) is 0 Å². The van der Waals surface area contributed by atoms with Gasteiger partial charge in [-0.3, -0.25) is 4.98 Å². The number of fused-ring (bicyclic) bond motifs is 1. The minimum atomic E-state index is 0.617. The van der Waals surface area contributed by atoms with Crippen molar-refractivity contribution in [1.29, 1.82) is 0 Å². The molecule has 0 atom stereocenters. The maximum atomic E-state index is 6.27. The van der Waals surface area contributed by atoms with Gasteiger partial charge in [-0.2, -0.15) is 0 Å². The zero-order chi connectivity index (χ0) is 12.4. The van der Waals surface area contributed by atoms with E-state index in [1.165, 1.54) is 0 Å². The molecule has 0 spiro atoms. The standard InChI is InChI=1S/C13H14Cl2N2/c1-3-17(4-2)12-5-6-16-11-8-9(14)7-10(15)13(11)12/h5-8H,3-4H2,1-2H3. The largest absolute Gasteiger partial charge is 0.371 e. The minimum Gasteiger partial charge on any atom is -0.371 e. The van der Waals surface area contributed by atoms with Crippen LogP contribution in [0, 0.1) is 0 Å². The molecule has 0 aliphatic rings. The molecule has 90 valence electrons. The third kappa shape index (κ3) is 2.33. The summed E-state index contributed by atoms with van der Waals surface area (Å²) < 4.78 is 0. The Bertz CT molecular complexity index is 536. The van der Waals surface area contributed by atoms with Crippen molar-refractivity contribution in [2.24, 2.45) is 0 Å². The summed E-state index contributed by atoms with van der Waals surface area (Å²) in [5, 5.41) is 2.25. The maximum Gasteiger partial charge on any atom is 0.0752 e. The van der Waals surface area contributed by atoms with Gasteiger partial charge < -0.3 is 4.90 Å². The molecule has 0 saturated heterocycles. The summed E-state index contributed by atoms with van der Waals surface area (Å²) in [6, 6.07) is 5.60. The van der Waals surface area contributed by atoms with Crippen LogP contribution in [0.2, 0.25) is 10.0 Å². The molecule has 0 unspecified atom stereocenters. The van der Waals surface area contributed by atoms with Crippen LogP contribution in [0.3, 0.4) is 0 Å². The minimum absolute atomic E-state index is 0.617. The van der Waals surface area contributed by atoms with Crippen LogP contribution in [0.1, 0.15) is 13.8 Å². The van der Waals surface area contributed by atoms with Crippen LogP contribution in [0.5, 0.6) is 0 Å². The molecule has 0 saturated carbocycles. The molecule has 2 nitrogen and oxygen atoms in total. The Morgan fingerprint density at radius 1 is 1.18 bits per heavy atom. The number of halogens is 2. The van der Waals surface area contributed by atoms with Crippen LogP contribution in [-0.4, -0.2) is 18.1 Å². The molecule has 0 aliphatic heterocycles. The van der Waals surface area contributed by atoms with Gasteiger partial charge >= 0.3 is 0 Å². The van der Waals surface area contributed by atoms with Gasteiger partial charge in [-0.25, -0.2) is 0 Å².